The minimum atomic E-state index is -0.395. The summed E-state index contributed by atoms with van der Waals surface area (Å²) in [6.07, 6.45) is 6.95. The van der Waals surface area contributed by atoms with Gasteiger partial charge in [-0.05, 0) is 80.4 Å². The summed E-state index contributed by atoms with van der Waals surface area (Å²) < 4.78 is 5.94. The van der Waals surface area contributed by atoms with Gasteiger partial charge in [0.05, 0.1) is 13.2 Å². The zero-order valence-corrected chi connectivity index (χ0v) is 24.0. The third-order valence-electron chi connectivity index (χ3n) is 10.7. The van der Waals surface area contributed by atoms with Gasteiger partial charge in [-0.3, -0.25) is 30.2 Å². The largest absolute Gasteiger partial charge is 0.465 e. The van der Waals surface area contributed by atoms with E-state index in [1.165, 1.54) is 6.92 Å². The van der Waals surface area contributed by atoms with Crippen LogP contribution < -0.4 is 16.3 Å². The Morgan fingerprint density at radius 1 is 1.05 bits per heavy atom. The number of carbonyl (C=O) groups excluding carboxylic acids is 2. The Bertz CT molecular complexity index is 1210. The van der Waals surface area contributed by atoms with Crippen LogP contribution in [0.5, 0.6) is 0 Å². The fraction of sp³-hybridized carbons (Fsp3) is 0.625. The molecule has 0 amide bonds. The maximum Gasteiger partial charge on any atom is 0.302 e. The quantitative estimate of drug-likeness (QED) is 0.323. The standard InChI is InChI=1S/C32H43N3O5/c1-20(36)39-19-32-15-12-26(35-40-22-13-16-33-18-22)29(21-7-5-4-6-8-21)30(32)27(34-38-3)17-23-24-9-10-28(37)31(24,2)14-11-25(23)32/h4-8,22-25,33-35H,9-19H2,1-3H3. The summed E-state index contributed by atoms with van der Waals surface area (Å²) in [7, 11) is 1.65. The van der Waals surface area contributed by atoms with Crippen LogP contribution in [0.15, 0.2) is 47.3 Å². The minimum Gasteiger partial charge on any atom is -0.465 e. The normalized spacial score (nSPS) is 35.2. The van der Waals surface area contributed by atoms with Crippen LogP contribution in [0.4, 0.5) is 0 Å². The van der Waals surface area contributed by atoms with Gasteiger partial charge in [0.1, 0.15) is 12.4 Å². The van der Waals surface area contributed by atoms with E-state index >= 15 is 0 Å². The van der Waals surface area contributed by atoms with E-state index in [1.807, 2.05) is 6.07 Å². The molecule has 5 aliphatic rings. The van der Waals surface area contributed by atoms with Gasteiger partial charge in [-0.2, -0.15) is 0 Å². The minimum absolute atomic E-state index is 0.120. The number of Topliss-reactive ketones (excluding diaryl/α,β-unsaturated/α-hetero) is 1. The third-order valence-corrected chi connectivity index (χ3v) is 10.7. The number of hydroxylamine groups is 2. The lowest BCUT2D eigenvalue weighted by molar-refractivity contribution is -0.149. The highest BCUT2D eigenvalue weighted by molar-refractivity contribution is 5.88. The van der Waals surface area contributed by atoms with Crippen LogP contribution >= 0.6 is 0 Å². The van der Waals surface area contributed by atoms with Crippen LogP contribution in [-0.4, -0.2) is 44.7 Å². The molecule has 6 unspecified atom stereocenters. The van der Waals surface area contributed by atoms with Gasteiger partial charge in [0.2, 0.25) is 0 Å². The molecule has 0 spiro atoms. The molecule has 1 heterocycles. The van der Waals surface area contributed by atoms with E-state index in [9.17, 15) is 9.59 Å². The summed E-state index contributed by atoms with van der Waals surface area (Å²) >= 11 is 0. The van der Waals surface area contributed by atoms with Gasteiger partial charge < -0.3 is 10.1 Å². The summed E-state index contributed by atoms with van der Waals surface area (Å²) in [6, 6.07) is 10.5. The maximum atomic E-state index is 13.1. The van der Waals surface area contributed by atoms with Gasteiger partial charge in [-0.15, -0.1) is 0 Å². The molecule has 0 aromatic heterocycles. The first kappa shape index (κ1) is 27.5. The number of nitrogens with one attached hydrogen (secondary N) is 3. The average Bonchev–Trinajstić information content (AvgIpc) is 3.59. The number of rotatable bonds is 8. The van der Waals surface area contributed by atoms with Crippen molar-refractivity contribution in [3.8, 4) is 0 Å². The van der Waals surface area contributed by atoms with Gasteiger partial charge in [0.15, 0.2) is 0 Å². The lowest BCUT2D eigenvalue weighted by Gasteiger charge is -2.58. The van der Waals surface area contributed by atoms with Crippen molar-refractivity contribution < 1.29 is 24.0 Å². The molecule has 1 aromatic rings. The number of fused-ring (bicyclic) bond motifs is 5. The van der Waals surface area contributed by atoms with Gasteiger partial charge in [0, 0.05) is 47.7 Å². The molecule has 4 aliphatic carbocycles. The molecule has 216 valence electrons. The number of allylic oxidation sites excluding steroid dienone is 3. The van der Waals surface area contributed by atoms with Gasteiger partial charge in [-0.1, -0.05) is 37.3 Å². The van der Waals surface area contributed by atoms with Crippen LogP contribution in [0.1, 0.15) is 70.8 Å². The van der Waals surface area contributed by atoms with Crippen molar-refractivity contribution in [3.05, 3.63) is 52.9 Å². The van der Waals surface area contributed by atoms with Crippen LogP contribution in [0.3, 0.4) is 0 Å². The maximum absolute atomic E-state index is 13.1. The molecular weight excluding hydrogens is 506 g/mol. The Balaban J connectivity index is 1.51. The molecule has 1 aliphatic heterocycles. The molecule has 1 aromatic carbocycles. The van der Waals surface area contributed by atoms with Gasteiger partial charge >= 0.3 is 5.97 Å². The van der Waals surface area contributed by atoms with E-state index in [1.54, 1.807) is 7.11 Å². The summed E-state index contributed by atoms with van der Waals surface area (Å²) in [4.78, 5) is 37.2. The zero-order chi connectivity index (χ0) is 27.9. The number of benzene rings is 1. The Labute approximate surface area is 237 Å². The second-order valence-corrected chi connectivity index (χ2v) is 12.6. The van der Waals surface area contributed by atoms with Gasteiger partial charge in [0.25, 0.3) is 0 Å². The Kier molecular flexibility index (Phi) is 7.53. The SMILES string of the molecule is CONC1=C2C(c3ccccc3)=C(NOC3CCNC3)CCC2(COC(C)=O)C2CCC3(C)C(=O)CCC3C2C1. The van der Waals surface area contributed by atoms with Crippen LogP contribution in [0.2, 0.25) is 0 Å². The first-order valence-electron chi connectivity index (χ1n) is 15.0. The highest BCUT2D eigenvalue weighted by Crippen LogP contribution is 2.66. The van der Waals surface area contributed by atoms with Crippen LogP contribution in [0.25, 0.3) is 5.57 Å². The molecule has 6 rings (SSSR count). The molecule has 8 nitrogen and oxygen atoms in total. The van der Waals surface area contributed by atoms with Crippen molar-refractivity contribution in [1.29, 1.82) is 0 Å². The van der Waals surface area contributed by atoms with Crippen molar-refractivity contribution in [1.82, 2.24) is 16.3 Å². The number of hydrogen-bond donors (Lipinski definition) is 3. The highest BCUT2D eigenvalue weighted by Gasteiger charge is 2.62. The summed E-state index contributed by atoms with van der Waals surface area (Å²) in [5.74, 6) is 1.09. The van der Waals surface area contributed by atoms with Crippen molar-refractivity contribution in [2.24, 2.45) is 28.6 Å². The molecule has 2 saturated carbocycles. The average molecular weight is 550 g/mol. The first-order valence-corrected chi connectivity index (χ1v) is 15.0. The van der Waals surface area contributed by atoms with Crippen molar-refractivity contribution in [3.63, 3.8) is 0 Å². The topological polar surface area (TPSA) is 97.9 Å². The third kappa shape index (κ3) is 4.58. The van der Waals surface area contributed by atoms with E-state index < -0.39 is 5.41 Å². The first-order chi connectivity index (χ1) is 19.4. The molecule has 6 atom stereocenters. The molecular formula is C32H43N3O5. The second kappa shape index (κ2) is 11.0. The van der Waals surface area contributed by atoms with E-state index in [-0.39, 0.29) is 17.5 Å². The van der Waals surface area contributed by atoms with Crippen LogP contribution in [-0.2, 0) is 24.0 Å². The highest BCUT2D eigenvalue weighted by atomic mass is 16.7. The van der Waals surface area contributed by atoms with E-state index in [2.05, 4.69) is 47.5 Å². The summed E-state index contributed by atoms with van der Waals surface area (Å²) in [6.45, 7) is 5.80. The Morgan fingerprint density at radius 2 is 1.88 bits per heavy atom. The number of ether oxygens (including phenoxy) is 1. The smallest absolute Gasteiger partial charge is 0.302 e. The summed E-state index contributed by atoms with van der Waals surface area (Å²) in [5.41, 5.74) is 11.5. The van der Waals surface area contributed by atoms with Crippen molar-refractivity contribution in [2.45, 2.75) is 71.3 Å². The van der Waals surface area contributed by atoms with E-state index in [0.29, 0.717) is 36.6 Å². The Morgan fingerprint density at radius 3 is 2.60 bits per heavy atom. The molecule has 3 N–H and O–H groups in total. The lowest BCUT2D eigenvalue weighted by Crippen LogP contribution is -2.54. The Hall–Kier alpha value is -2.68. The monoisotopic (exact) mass is 549 g/mol. The summed E-state index contributed by atoms with van der Waals surface area (Å²) in [5, 5.41) is 3.37. The molecule has 3 fully saturated rings. The molecule has 0 radical (unpaired) electrons. The van der Waals surface area contributed by atoms with Crippen molar-refractivity contribution >= 4 is 17.3 Å². The van der Waals surface area contributed by atoms with Crippen molar-refractivity contribution in [2.75, 3.05) is 26.8 Å². The fourth-order valence-electron chi connectivity index (χ4n) is 8.79. The number of ketones is 1. The molecule has 1 saturated heterocycles. The number of esters is 1. The molecule has 40 heavy (non-hydrogen) atoms. The predicted molar refractivity (Wildman–Crippen MR) is 151 cm³/mol. The molecule has 8 heteroatoms. The van der Waals surface area contributed by atoms with Crippen LogP contribution in [0, 0.1) is 28.6 Å². The number of carbonyl (C=O) groups is 2. The zero-order valence-electron chi connectivity index (χ0n) is 24.0. The van der Waals surface area contributed by atoms with E-state index in [0.717, 1.165) is 86.1 Å². The fourth-order valence-corrected chi connectivity index (χ4v) is 8.79. The second-order valence-electron chi connectivity index (χ2n) is 12.6. The predicted octanol–water partition coefficient (Wildman–Crippen LogP) is 4.44. The van der Waals surface area contributed by atoms with E-state index in [4.69, 9.17) is 14.4 Å². The number of hydrogen-bond acceptors (Lipinski definition) is 8. The lowest BCUT2D eigenvalue weighted by atomic mass is 9.46. The molecule has 0 bridgehead atoms. The van der Waals surface area contributed by atoms with Gasteiger partial charge in [-0.25, -0.2) is 0 Å².